The van der Waals surface area contributed by atoms with Crippen molar-refractivity contribution in [3.8, 4) is 11.4 Å². The molecule has 1 aromatic carbocycles. The standard InChI is InChI=1S/C12H11FN4O/c1-2-11(18)14-7-10-15-12(17-16-10)8-3-5-9(13)6-4-8/h2-6H,1,7H2,(H,14,18)(H,15,16,17). The Morgan fingerprint density at radius 3 is 2.83 bits per heavy atom. The topological polar surface area (TPSA) is 70.7 Å². The molecular weight excluding hydrogens is 235 g/mol. The Hall–Kier alpha value is -2.50. The number of aromatic nitrogens is 3. The number of halogens is 1. The lowest BCUT2D eigenvalue weighted by Crippen LogP contribution is -2.20. The summed E-state index contributed by atoms with van der Waals surface area (Å²) in [6.07, 6.45) is 1.18. The van der Waals surface area contributed by atoms with E-state index in [9.17, 15) is 9.18 Å². The van der Waals surface area contributed by atoms with E-state index in [2.05, 4.69) is 27.1 Å². The van der Waals surface area contributed by atoms with Gasteiger partial charge in [-0.3, -0.25) is 9.89 Å². The summed E-state index contributed by atoms with van der Waals surface area (Å²) in [7, 11) is 0. The molecule has 5 nitrogen and oxygen atoms in total. The molecule has 92 valence electrons. The van der Waals surface area contributed by atoms with Crippen molar-refractivity contribution in [2.75, 3.05) is 0 Å². The zero-order valence-corrected chi connectivity index (χ0v) is 9.48. The van der Waals surface area contributed by atoms with E-state index in [1.54, 1.807) is 12.1 Å². The van der Waals surface area contributed by atoms with Crippen LogP contribution in [0, 0.1) is 5.82 Å². The predicted octanol–water partition coefficient (Wildman–Crippen LogP) is 1.41. The Morgan fingerprint density at radius 1 is 1.44 bits per heavy atom. The molecule has 0 radical (unpaired) electrons. The maximum absolute atomic E-state index is 12.8. The van der Waals surface area contributed by atoms with E-state index in [0.29, 0.717) is 17.2 Å². The van der Waals surface area contributed by atoms with E-state index < -0.39 is 0 Å². The second-order valence-corrected chi connectivity index (χ2v) is 3.53. The first kappa shape index (κ1) is 12.0. The summed E-state index contributed by atoms with van der Waals surface area (Å²) >= 11 is 0. The number of nitrogens with one attached hydrogen (secondary N) is 2. The van der Waals surface area contributed by atoms with Crippen LogP contribution in [-0.4, -0.2) is 21.1 Å². The number of carbonyl (C=O) groups is 1. The van der Waals surface area contributed by atoms with Crippen molar-refractivity contribution < 1.29 is 9.18 Å². The molecule has 0 aliphatic heterocycles. The van der Waals surface area contributed by atoms with Crippen molar-refractivity contribution in [3.05, 3.63) is 48.6 Å². The summed E-state index contributed by atoms with van der Waals surface area (Å²) in [5.74, 6) is 0.380. The highest BCUT2D eigenvalue weighted by atomic mass is 19.1. The number of H-pyrrole nitrogens is 1. The van der Waals surface area contributed by atoms with Gasteiger partial charge in [-0.1, -0.05) is 6.58 Å². The largest absolute Gasteiger partial charge is 0.345 e. The number of amides is 1. The summed E-state index contributed by atoms with van der Waals surface area (Å²) in [4.78, 5) is 15.1. The van der Waals surface area contributed by atoms with Gasteiger partial charge >= 0.3 is 0 Å². The first-order valence-corrected chi connectivity index (χ1v) is 5.26. The lowest BCUT2D eigenvalue weighted by molar-refractivity contribution is -0.116. The number of hydrogen-bond acceptors (Lipinski definition) is 3. The van der Waals surface area contributed by atoms with Crippen LogP contribution < -0.4 is 5.32 Å². The third-order valence-corrected chi connectivity index (χ3v) is 2.25. The smallest absolute Gasteiger partial charge is 0.243 e. The summed E-state index contributed by atoms with van der Waals surface area (Å²) in [5.41, 5.74) is 0.703. The number of benzene rings is 1. The van der Waals surface area contributed by atoms with Crippen LogP contribution in [0.3, 0.4) is 0 Å². The zero-order valence-electron chi connectivity index (χ0n) is 9.48. The Balaban J connectivity index is 2.08. The molecule has 0 unspecified atom stereocenters. The lowest BCUT2D eigenvalue weighted by Gasteiger charge is -1.96. The number of carbonyl (C=O) groups excluding carboxylic acids is 1. The molecule has 18 heavy (non-hydrogen) atoms. The summed E-state index contributed by atoms with van der Waals surface area (Å²) in [5, 5.41) is 9.25. The Kier molecular flexibility index (Phi) is 3.47. The fraction of sp³-hybridized carbons (Fsp3) is 0.0833. The molecule has 2 aromatic rings. The van der Waals surface area contributed by atoms with Crippen LogP contribution in [0.5, 0.6) is 0 Å². The minimum Gasteiger partial charge on any atom is -0.345 e. The summed E-state index contributed by atoms with van der Waals surface area (Å²) < 4.78 is 12.8. The monoisotopic (exact) mass is 246 g/mol. The quantitative estimate of drug-likeness (QED) is 0.801. The van der Waals surface area contributed by atoms with E-state index in [1.807, 2.05) is 0 Å². The van der Waals surface area contributed by atoms with E-state index in [1.165, 1.54) is 18.2 Å². The van der Waals surface area contributed by atoms with Gasteiger partial charge in [0.05, 0.1) is 6.54 Å². The van der Waals surface area contributed by atoms with Gasteiger partial charge in [0.15, 0.2) is 5.82 Å². The normalized spacial score (nSPS) is 10.1. The van der Waals surface area contributed by atoms with Gasteiger partial charge < -0.3 is 5.32 Å². The van der Waals surface area contributed by atoms with Crippen molar-refractivity contribution in [1.82, 2.24) is 20.5 Å². The maximum Gasteiger partial charge on any atom is 0.243 e. The Bertz CT molecular complexity index is 562. The molecule has 2 rings (SSSR count). The van der Waals surface area contributed by atoms with Gasteiger partial charge in [0.1, 0.15) is 11.6 Å². The lowest BCUT2D eigenvalue weighted by atomic mass is 10.2. The fourth-order valence-electron chi connectivity index (χ4n) is 1.35. The van der Waals surface area contributed by atoms with Crippen molar-refractivity contribution >= 4 is 5.91 Å². The van der Waals surface area contributed by atoms with Gasteiger partial charge in [-0.05, 0) is 30.3 Å². The van der Waals surface area contributed by atoms with Gasteiger partial charge in [-0.2, -0.15) is 5.10 Å². The SMILES string of the molecule is C=CC(=O)NCc1nc(-c2ccc(F)cc2)n[nH]1. The summed E-state index contributed by atoms with van der Waals surface area (Å²) in [6, 6.07) is 5.85. The maximum atomic E-state index is 12.8. The van der Waals surface area contributed by atoms with E-state index >= 15 is 0 Å². The van der Waals surface area contributed by atoms with Crippen LogP contribution in [0.15, 0.2) is 36.9 Å². The van der Waals surface area contributed by atoms with Crippen LogP contribution in [0.25, 0.3) is 11.4 Å². The first-order valence-electron chi connectivity index (χ1n) is 5.26. The van der Waals surface area contributed by atoms with E-state index in [0.717, 1.165) is 0 Å². The minimum absolute atomic E-state index is 0.235. The van der Waals surface area contributed by atoms with Crippen molar-refractivity contribution in [2.45, 2.75) is 6.54 Å². The molecule has 0 spiro atoms. The van der Waals surface area contributed by atoms with Crippen molar-refractivity contribution in [1.29, 1.82) is 0 Å². The molecule has 1 aromatic heterocycles. The molecule has 0 fully saturated rings. The molecule has 0 saturated carbocycles. The molecule has 6 heteroatoms. The van der Waals surface area contributed by atoms with Crippen molar-refractivity contribution in [2.24, 2.45) is 0 Å². The highest BCUT2D eigenvalue weighted by Crippen LogP contribution is 2.14. The summed E-state index contributed by atoms with van der Waals surface area (Å²) in [6.45, 7) is 3.58. The Morgan fingerprint density at radius 2 is 2.17 bits per heavy atom. The average molecular weight is 246 g/mol. The third kappa shape index (κ3) is 2.79. The number of rotatable bonds is 4. The number of aromatic amines is 1. The minimum atomic E-state index is -0.312. The molecule has 0 aliphatic rings. The molecule has 1 heterocycles. The van der Waals surface area contributed by atoms with Gasteiger partial charge in [-0.25, -0.2) is 9.37 Å². The molecule has 1 amide bonds. The van der Waals surface area contributed by atoms with Gasteiger partial charge in [0.2, 0.25) is 5.91 Å². The van der Waals surface area contributed by atoms with Crippen LogP contribution in [-0.2, 0) is 11.3 Å². The highest BCUT2D eigenvalue weighted by molar-refractivity contribution is 5.86. The molecular formula is C12H11FN4O. The van der Waals surface area contributed by atoms with Crippen molar-refractivity contribution in [3.63, 3.8) is 0 Å². The third-order valence-electron chi connectivity index (χ3n) is 2.25. The highest BCUT2D eigenvalue weighted by Gasteiger charge is 2.06. The van der Waals surface area contributed by atoms with Gasteiger partial charge in [-0.15, -0.1) is 0 Å². The van der Waals surface area contributed by atoms with Gasteiger partial charge in [0.25, 0.3) is 0 Å². The van der Waals surface area contributed by atoms with Gasteiger partial charge in [0, 0.05) is 5.56 Å². The molecule has 2 N–H and O–H groups in total. The Labute approximate surface area is 103 Å². The van der Waals surface area contributed by atoms with Crippen LogP contribution in [0.1, 0.15) is 5.82 Å². The molecule has 0 aliphatic carbocycles. The number of hydrogen-bond donors (Lipinski definition) is 2. The van der Waals surface area contributed by atoms with E-state index in [4.69, 9.17) is 0 Å². The van der Waals surface area contributed by atoms with Crippen LogP contribution in [0.2, 0.25) is 0 Å². The molecule has 0 saturated heterocycles. The predicted molar refractivity (Wildman–Crippen MR) is 63.8 cm³/mol. The van der Waals surface area contributed by atoms with Crippen LogP contribution >= 0.6 is 0 Å². The second kappa shape index (κ2) is 5.22. The molecule has 0 atom stereocenters. The number of nitrogens with zero attached hydrogens (tertiary/aromatic N) is 2. The van der Waals surface area contributed by atoms with E-state index in [-0.39, 0.29) is 18.3 Å². The first-order chi connectivity index (χ1) is 8.69. The average Bonchev–Trinajstić information content (AvgIpc) is 2.85. The zero-order chi connectivity index (χ0) is 13.0. The fourth-order valence-corrected chi connectivity index (χ4v) is 1.35. The van der Waals surface area contributed by atoms with Crippen LogP contribution in [0.4, 0.5) is 4.39 Å². The molecule has 0 bridgehead atoms. The second-order valence-electron chi connectivity index (χ2n) is 3.53.